The summed E-state index contributed by atoms with van der Waals surface area (Å²) in [6.45, 7) is 2.61. The first-order chi connectivity index (χ1) is 11.9. The van der Waals surface area contributed by atoms with Crippen molar-refractivity contribution in [3.8, 4) is 0 Å². The van der Waals surface area contributed by atoms with E-state index in [1.807, 2.05) is 0 Å². The molecule has 3 aliphatic heterocycles. The van der Waals surface area contributed by atoms with E-state index in [4.69, 9.17) is 0 Å². The lowest BCUT2D eigenvalue weighted by molar-refractivity contribution is -0.137. The van der Waals surface area contributed by atoms with Crippen LogP contribution in [0.15, 0.2) is 46.3 Å². The fourth-order valence-corrected chi connectivity index (χ4v) is 3.92. The number of hydrogen-bond acceptors (Lipinski definition) is 4. The van der Waals surface area contributed by atoms with Crippen LogP contribution in [0.1, 0.15) is 5.56 Å². The molecule has 132 valence electrons. The van der Waals surface area contributed by atoms with E-state index in [1.165, 1.54) is 12.1 Å². The van der Waals surface area contributed by atoms with E-state index in [-0.39, 0.29) is 23.4 Å². The second-order valence-corrected chi connectivity index (χ2v) is 6.66. The molecular weight excluding hydrogens is 333 g/mol. The molecule has 1 aromatic rings. The molecular formula is C17H17F3N4O. The smallest absolute Gasteiger partial charge is 0.370 e. The Bertz CT molecular complexity index is 745. The number of alkyl halides is 3. The summed E-state index contributed by atoms with van der Waals surface area (Å²) >= 11 is 0. The van der Waals surface area contributed by atoms with Gasteiger partial charge in [-0.2, -0.15) is 23.4 Å². The van der Waals surface area contributed by atoms with Crippen molar-refractivity contribution in [3.05, 3.63) is 41.6 Å². The molecule has 0 N–H and O–H groups in total. The summed E-state index contributed by atoms with van der Waals surface area (Å²) in [7, 11) is 0. The molecule has 0 radical (unpaired) electrons. The third kappa shape index (κ3) is 2.89. The Labute approximate surface area is 142 Å². The number of carbonyl (C=O) groups excluding carboxylic acids is 1. The molecule has 0 bridgehead atoms. The van der Waals surface area contributed by atoms with Crippen LogP contribution in [-0.4, -0.2) is 43.5 Å². The Hall–Kier alpha value is -2.38. The predicted molar refractivity (Wildman–Crippen MR) is 85.0 cm³/mol. The molecule has 5 nitrogen and oxygen atoms in total. The maximum Gasteiger partial charge on any atom is 0.418 e. The molecule has 3 aliphatic rings. The highest BCUT2D eigenvalue weighted by atomic mass is 19.4. The average molecular weight is 350 g/mol. The summed E-state index contributed by atoms with van der Waals surface area (Å²) in [5.74, 6) is 0.242. The average Bonchev–Trinajstić information content (AvgIpc) is 3.29. The van der Waals surface area contributed by atoms with Crippen LogP contribution in [0.3, 0.4) is 0 Å². The van der Waals surface area contributed by atoms with Crippen LogP contribution in [0, 0.1) is 11.8 Å². The number of nitrogens with zero attached hydrogens (tertiary/aromatic N) is 4. The molecule has 2 atom stereocenters. The molecule has 25 heavy (non-hydrogen) atoms. The summed E-state index contributed by atoms with van der Waals surface area (Å²) < 4.78 is 39.7. The Morgan fingerprint density at radius 2 is 1.76 bits per heavy atom. The Kier molecular flexibility index (Phi) is 3.77. The highest BCUT2D eigenvalue weighted by Crippen LogP contribution is 2.40. The first kappa shape index (κ1) is 16.1. The molecule has 0 spiro atoms. The van der Waals surface area contributed by atoms with Crippen LogP contribution < -0.4 is 4.90 Å². The zero-order valence-corrected chi connectivity index (χ0v) is 13.4. The third-order valence-corrected chi connectivity index (χ3v) is 5.09. The summed E-state index contributed by atoms with van der Waals surface area (Å²) in [6, 6.07) is 5.69. The van der Waals surface area contributed by atoms with Gasteiger partial charge in [0.2, 0.25) is 0 Å². The van der Waals surface area contributed by atoms with E-state index >= 15 is 0 Å². The number of likely N-dealkylation sites (tertiary alicyclic amines) is 1. The van der Waals surface area contributed by atoms with Crippen LogP contribution in [-0.2, 0) is 11.0 Å². The van der Waals surface area contributed by atoms with Crippen LogP contribution in [0.2, 0.25) is 0 Å². The molecule has 8 heteroatoms. The lowest BCUT2D eigenvalue weighted by atomic mass is 10.0. The molecule has 0 saturated carbocycles. The molecule has 0 aliphatic carbocycles. The second-order valence-electron chi connectivity index (χ2n) is 6.66. The number of para-hydroxylation sites is 1. The Morgan fingerprint density at radius 1 is 1.08 bits per heavy atom. The van der Waals surface area contributed by atoms with Gasteiger partial charge >= 0.3 is 6.18 Å². The number of rotatable bonds is 2. The number of halogens is 3. The van der Waals surface area contributed by atoms with Crippen molar-refractivity contribution in [2.45, 2.75) is 6.18 Å². The topological polar surface area (TPSA) is 48.3 Å². The number of hydrogen-bond donors (Lipinski definition) is 0. The second kappa shape index (κ2) is 5.86. The van der Waals surface area contributed by atoms with Crippen LogP contribution in [0.4, 0.5) is 18.9 Å². The number of carbonyl (C=O) groups is 1. The number of anilines is 1. The molecule has 0 aromatic heterocycles. The summed E-state index contributed by atoms with van der Waals surface area (Å²) in [4.78, 5) is 15.9. The Morgan fingerprint density at radius 3 is 2.36 bits per heavy atom. The van der Waals surface area contributed by atoms with Gasteiger partial charge in [0.05, 0.1) is 12.1 Å². The lowest BCUT2D eigenvalue weighted by Crippen LogP contribution is -2.34. The van der Waals surface area contributed by atoms with E-state index in [9.17, 15) is 18.0 Å². The maximum absolute atomic E-state index is 13.2. The minimum Gasteiger partial charge on any atom is -0.370 e. The fraction of sp³-hybridized carbons (Fsp3) is 0.471. The molecule has 0 unspecified atom stereocenters. The van der Waals surface area contributed by atoms with E-state index in [0.717, 1.165) is 6.07 Å². The highest BCUT2D eigenvalue weighted by Gasteiger charge is 2.44. The van der Waals surface area contributed by atoms with E-state index in [1.54, 1.807) is 21.9 Å². The third-order valence-electron chi connectivity index (χ3n) is 5.09. The summed E-state index contributed by atoms with van der Waals surface area (Å²) in [5, 5.41) is 7.62. The first-order valence-electron chi connectivity index (χ1n) is 8.21. The van der Waals surface area contributed by atoms with E-state index in [0.29, 0.717) is 38.4 Å². The molecule has 1 amide bonds. The minimum atomic E-state index is -4.36. The molecule has 3 heterocycles. The van der Waals surface area contributed by atoms with Crippen molar-refractivity contribution in [2.24, 2.45) is 22.1 Å². The van der Waals surface area contributed by atoms with Gasteiger partial charge in [-0.25, -0.2) is 0 Å². The minimum absolute atomic E-state index is 0.127. The van der Waals surface area contributed by atoms with Crippen LogP contribution in [0.25, 0.3) is 0 Å². The predicted octanol–water partition coefficient (Wildman–Crippen LogP) is 2.95. The van der Waals surface area contributed by atoms with Crippen molar-refractivity contribution in [1.82, 2.24) is 4.90 Å². The Balaban J connectivity index is 1.47. The monoisotopic (exact) mass is 350 g/mol. The molecule has 2 fully saturated rings. The number of azo groups is 1. The maximum atomic E-state index is 13.2. The van der Waals surface area contributed by atoms with Gasteiger partial charge in [-0.3, -0.25) is 4.79 Å². The zero-order valence-electron chi connectivity index (χ0n) is 13.4. The highest BCUT2D eigenvalue weighted by molar-refractivity contribution is 5.93. The van der Waals surface area contributed by atoms with Crippen molar-refractivity contribution in [3.63, 3.8) is 0 Å². The van der Waals surface area contributed by atoms with E-state index < -0.39 is 11.7 Å². The van der Waals surface area contributed by atoms with Gasteiger partial charge in [-0.05, 0) is 18.2 Å². The van der Waals surface area contributed by atoms with Gasteiger partial charge < -0.3 is 9.80 Å². The van der Waals surface area contributed by atoms with Crippen LogP contribution in [0.5, 0.6) is 0 Å². The van der Waals surface area contributed by atoms with Gasteiger partial charge in [0.25, 0.3) is 5.91 Å². The fourth-order valence-electron chi connectivity index (χ4n) is 3.92. The van der Waals surface area contributed by atoms with Gasteiger partial charge in [0.1, 0.15) is 5.70 Å². The normalized spacial score (nSPS) is 25.5. The van der Waals surface area contributed by atoms with Crippen molar-refractivity contribution < 1.29 is 18.0 Å². The zero-order chi connectivity index (χ0) is 17.6. The van der Waals surface area contributed by atoms with Gasteiger partial charge in [0.15, 0.2) is 0 Å². The van der Waals surface area contributed by atoms with Gasteiger partial charge in [-0.15, -0.1) is 0 Å². The summed E-state index contributed by atoms with van der Waals surface area (Å²) in [6.07, 6.45) is -2.67. The van der Waals surface area contributed by atoms with Gasteiger partial charge in [0, 0.05) is 43.7 Å². The standard InChI is InChI=1S/C17H17F3N4O/c18-17(19,20)13-3-1-2-4-15(13)23-7-11-9-24(10-12(11)8-23)16(25)14-5-6-21-22-14/h1-5,11-12H,6-10H2/t11-,12+. The molecule has 2 saturated heterocycles. The largest absolute Gasteiger partial charge is 0.418 e. The lowest BCUT2D eigenvalue weighted by Gasteiger charge is -2.25. The van der Waals surface area contributed by atoms with Gasteiger partial charge in [-0.1, -0.05) is 12.1 Å². The summed E-state index contributed by atoms with van der Waals surface area (Å²) in [5.41, 5.74) is 0.00764. The number of fused-ring (bicyclic) bond motifs is 1. The van der Waals surface area contributed by atoms with Crippen LogP contribution >= 0.6 is 0 Å². The van der Waals surface area contributed by atoms with Crippen molar-refractivity contribution in [1.29, 1.82) is 0 Å². The molecule has 4 rings (SSSR count). The molecule has 1 aromatic carbocycles. The SMILES string of the molecule is O=C(C1=CCN=N1)N1C[C@@H]2CN(c3ccccc3C(F)(F)F)C[C@@H]2C1. The number of benzene rings is 1. The quantitative estimate of drug-likeness (QED) is 0.823. The first-order valence-corrected chi connectivity index (χ1v) is 8.21. The van der Waals surface area contributed by atoms with Crippen molar-refractivity contribution >= 4 is 11.6 Å². The van der Waals surface area contributed by atoms with Crippen molar-refractivity contribution in [2.75, 3.05) is 37.6 Å². The number of amides is 1. The van der Waals surface area contributed by atoms with E-state index in [2.05, 4.69) is 10.2 Å².